The second-order valence-electron chi connectivity index (χ2n) is 3.43. The topological polar surface area (TPSA) is 75.1 Å². The van der Waals surface area contributed by atoms with Crippen molar-refractivity contribution >= 4 is 17.4 Å². The third kappa shape index (κ3) is 3.01. The summed E-state index contributed by atoms with van der Waals surface area (Å²) in [5, 5.41) is 19.7. The largest absolute Gasteiger partial charge is 0.465 e. The maximum Gasteiger partial charge on any atom is 0.404 e. The Hall–Kier alpha value is -1.95. The molecule has 2 aromatic rings. The third-order valence-corrected chi connectivity index (χ3v) is 3.14. The highest BCUT2D eigenvalue weighted by Crippen LogP contribution is 2.24. The molecule has 1 aromatic heterocycles. The molecule has 0 spiro atoms. The van der Waals surface area contributed by atoms with Crippen LogP contribution in [0.4, 0.5) is 4.79 Å². The van der Waals surface area contributed by atoms with Crippen LogP contribution in [0, 0.1) is 0 Å². The second-order valence-corrected chi connectivity index (χ2v) is 4.29. The van der Waals surface area contributed by atoms with Gasteiger partial charge in [-0.05, 0) is 5.56 Å². The minimum atomic E-state index is -1.03. The Morgan fingerprint density at radius 2 is 2.18 bits per heavy atom. The molecule has 0 radical (unpaired) electrons. The van der Waals surface area contributed by atoms with Gasteiger partial charge < -0.3 is 10.4 Å². The van der Waals surface area contributed by atoms with Crippen molar-refractivity contribution in [1.82, 2.24) is 15.5 Å². The van der Waals surface area contributed by atoms with Crippen molar-refractivity contribution in [3.8, 4) is 0 Å². The Balaban J connectivity index is 2.22. The number of hydrogen-bond donors (Lipinski definition) is 2. The quantitative estimate of drug-likeness (QED) is 0.868. The van der Waals surface area contributed by atoms with Crippen molar-refractivity contribution in [2.75, 3.05) is 6.54 Å². The van der Waals surface area contributed by atoms with E-state index in [2.05, 4.69) is 15.5 Å². The Morgan fingerprint density at radius 1 is 1.41 bits per heavy atom. The maximum atomic E-state index is 10.6. The summed E-state index contributed by atoms with van der Waals surface area (Å²) in [5.74, 6) is -0.0835. The van der Waals surface area contributed by atoms with Gasteiger partial charge in [-0.2, -0.15) is 0 Å². The van der Waals surface area contributed by atoms with Gasteiger partial charge in [-0.15, -0.1) is 21.5 Å². The number of benzene rings is 1. The van der Waals surface area contributed by atoms with Crippen molar-refractivity contribution in [1.29, 1.82) is 0 Å². The van der Waals surface area contributed by atoms with Gasteiger partial charge in [-0.1, -0.05) is 30.3 Å². The van der Waals surface area contributed by atoms with E-state index >= 15 is 0 Å². The fourth-order valence-corrected chi connectivity index (χ4v) is 2.24. The first kappa shape index (κ1) is 11.5. The Labute approximate surface area is 102 Å². The van der Waals surface area contributed by atoms with Crippen LogP contribution in [0.15, 0.2) is 35.8 Å². The standard InChI is InChI=1S/C11H11N3O2S/c15-11(16)12-6-9(10-14-13-7-17-10)8-4-2-1-3-5-8/h1-5,7,9,12H,6H2,(H,15,16). The zero-order chi connectivity index (χ0) is 12.1. The van der Waals surface area contributed by atoms with Gasteiger partial charge in [-0.25, -0.2) is 4.79 Å². The summed E-state index contributed by atoms with van der Waals surface area (Å²) in [6, 6.07) is 9.67. The van der Waals surface area contributed by atoms with E-state index in [1.165, 1.54) is 11.3 Å². The molecule has 0 aliphatic carbocycles. The first-order valence-electron chi connectivity index (χ1n) is 5.05. The number of amides is 1. The number of rotatable bonds is 4. The van der Waals surface area contributed by atoms with E-state index in [4.69, 9.17) is 5.11 Å². The molecule has 2 N–H and O–H groups in total. The first-order valence-corrected chi connectivity index (χ1v) is 5.93. The number of nitrogens with one attached hydrogen (secondary N) is 1. The van der Waals surface area contributed by atoms with Gasteiger partial charge in [0.05, 0.1) is 5.92 Å². The maximum absolute atomic E-state index is 10.6. The Morgan fingerprint density at radius 3 is 2.76 bits per heavy atom. The summed E-state index contributed by atoms with van der Waals surface area (Å²) < 4.78 is 0. The molecule has 1 heterocycles. The minimum absolute atomic E-state index is 0.0835. The van der Waals surface area contributed by atoms with Crippen molar-refractivity contribution in [3.63, 3.8) is 0 Å². The van der Waals surface area contributed by atoms with Crippen LogP contribution in [0.3, 0.4) is 0 Å². The molecule has 0 aliphatic heterocycles. The van der Waals surface area contributed by atoms with Crippen LogP contribution in [0.5, 0.6) is 0 Å². The van der Waals surface area contributed by atoms with Crippen LogP contribution < -0.4 is 5.32 Å². The molecule has 0 fully saturated rings. The molecule has 5 nitrogen and oxygen atoms in total. The SMILES string of the molecule is O=C(O)NCC(c1ccccc1)c1nncs1. The van der Waals surface area contributed by atoms with E-state index in [0.717, 1.165) is 10.6 Å². The highest BCUT2D eigenvalue weighted by molar-refractivity contribution is 7.09. The minimum Gasteiger partial charge on any atom is -0.465 e. The molecule has 1 aromatic carbocycles. The Bertz CT molecular complexity index is 473. The van der Waals surface area contributed by atoms with E-state index in [1.807, 2.05) is 30.3 Å². The average molecular weight is 249 g/mol. The van der Waals surface area contributed by atoms with Gasteiger partial charge in [-0.3, -0.25) is 0 Å². The van der Waals surface area contributed by atoms with E-state index in [1.54, 1.807) is 5.51 Å². The first-order chi connectivity index (χ1) is 8.27. The lowest BCUT2D eigenvalue weighted by Crippen LogP contribution is -2.27. The monoisotopic (exact) mass is 249 g/mol. The number of carbonyl (C=O) groups is 1. The predicted molar refractivity (Wildman–Crippen MR) is 64.2 cm³/mol. The lowest BCUT2D eigenvalue weighted by Gasteiger charge is -2.13. The molecule has 0 bridgehead atoms. The van der Waals surface area contributed by atoms with E-state index in [-0.39, 0.29) is 5.92 Å². The number of aromatic nitrogens is 2. The highest BCUT2D eigenvalue weighted by atomic mass is 32.1. The average Bonchev–Trinajstić information content (AvgIpc) is 2.84. The predicted octanol–water partition coefficient (Wildman–Crippen LogP) is 1.94. The van der Waals surface area contributed by atoms with Crippen LogP contribution in [0.1, 0.15) is 16.5 Å². The summed E-state index contributed by atoms with van der Waals surface area (Å²) in [4.78, 5) is 10.6. The van der Waals surface area contributed by atoms with E-state index in [9.17, 15) is 4.79 Å². The lowest BCUT2D eigenvalue weighted by molar-refractivity contribution is 0.194. The van der Waals surface area contributed by atoms with Crippen LogP contribution in [-0.4, -0.2) is 27.9 Å². The van der Waals surface area contributed by atoms with E-state index < -0.39 is 6.09 Å². The van der Waals surface area contributed by atoms with E-state index in [0.29, 0.717) is 6.54 Å². The molecular weight excluding hydrogens is 238 g/mol. The lowest BCUT2D eigenvalue weighted by atomic mass is 10.00. The Kier molecular flexibility index (Phi) is 3.66. The van der Waals surface area contributed by atoms with Crippen LogP contribution in [0.2, 0.25) is 0 Å². The molecule has 6 heteroatoms. The fourth-order valence-electron chi connectivity index (χ4n) is 1.56. The molecule has 1 amide bonds. The molecule has 0 aliphatic rings. The molecule has 1 atom stereocenters. The molecule has 0 saturated heterocycles. The number of carboxylic acid groups (broad SMARTS) is 1. The number of nitrogens with zero attached hydrogens (tertiary/aromatic N) is 2. The van der Waals surface area contributed by atoms with Crippen LogP contribution in [0.25, 0.3) is 0 Å². The summed E-state index contributed by atoms with van der Waals surface area (Å²) >= 11 is 1.42. The molecule has 1 unspecified atom stereocenters. The molecular formula is C11H11N3O2S. The summed E-state index contributed by atoms with van der Waals surface area (Å²) in [5.41, 5.74) is 2.67. The number of hydrogen-bond acceptors (Lipinski definition) is 4. The van der Waals surface area contributed by atoms with Crippen molar-refractivity contribution < 1.29 is 9.90 Å². The van der Waals surface area contributed by atoms with Crippen molar-refractivity contribution in [2.45, 2.75) is 5.92 Å². The van der Waals surface area contributed by atoms with Gasteiger partial charge in [0.15, 0.2) is 0 Å². The van der Waals surface area contributed by atoms with Gasteiger partial charge in [0.1, 0.15) is 10.5 Å². The normalized spacial score (nSPS) is 12.0. The van der Waals surface area contributed by atoms with Gasteiger partial charge in [0, 0.05) is 6.54 Å². The fraction of sp³-hybridized carbons (Fsp3) is 0.182. The second kappa shape index (κ2) is 5.40. The zero-order valence-electron chi connectivity index (χ0n) is 8.91. The van der Waals surface area contributed by atoms with Crippen molar-refractivity contribution in [3.05, 3.63) is 46.4 Å². The molecule has 88 valence electrons. The van der Waals surface area contributed by atoms with Crippen LogP contribution in [-0.2, 0) is 0 Å². The molecule has 17 heavy (non-hydrogen) atoms. The smallest absolute Gasteiger partial charge is 0.404 e. The summed E-state index contributed by atoms with van der Waals surface area (Å²) in [7, 11) is 0. The molecule has 0 saturated carbocycles. The zero-order valence-corrected chi connectivity index (χ0v) is 9.72. The molecule has 2 rings (SSSR count). The summed E-state index contributed by atoms with van der Waals surface area (Å²) in [6.07, 6.45) is -1.03. The van der Waals surface area contributed by atoms with Gasteiger partial charge in [0.25, 0.3) is 0 Å². The third-order valence-electron chi connectivity index (χ3n) is 2.33. The van der Waals surface area contributed by atoms with Gasteiger partial charge >= 0.3 is 6.09 Å². The van der Waals surface area contributed by atoms with Crippen molar-refractivity contribution in [2.24, 2.45) is 0 Å². The van der Waals surface area contributed by atoms with Crippen LogP contribution >= 0.6 is 11.3 Å². The summed E-state index contributed by atoms with van der Waals surface area (Å²) in [6.45, 7) is 0.300. The van der Waals surface area contributed by atoms with Gasteiger partial charge in [0.2, 0.25) is 0 Å². The highest BCUT2D eigenvalue weighted by Gasteiger charge is 2.17.